The molecule has 0 bridgehead atoms. The van der Waals surface area contributed by atoms with Crippen molar-refractivity contribution in [3.63, 3.8) is 0 Å². The van der Waals surface area contributed by atoms with E-state index in [0.717, 1.165) is 16.8 Å². The molecule has 0 N–H and O–H groups in total. The van der Waals surface area contributed by atoms with Crippen LogP contribution in [0.5, 0.6) is 11.5 Å². The SMILES string of the molecule is [2H]C([2H])([2H])c1ccnc(-n2c3[c-]c(Oc4[c-]c(-c5nc(C)nn5-c5c(C(C)C)cccc5C(C)C)ccc4)c([N+]#[C-])cc3c3cc(C#N)ccc32)c1.[Pt+2]. The van der Waals surface area contributed by atoms with E-state index in [-0.39, 0.29) is 49.9 Å². The summed E-state index contributed by atoms with van der Waals surface area (Å²) in [6.45, 7) is 16.2. The second kappa shape index (κ2) is 13.7. The van der Waals surface area contributed by atoms with Gasteiger partial charge in [-0.25, -0.2) is 9.83 Å². The molecule has 0 unspecified atom stereocenters. The van der Waals surface area contributed by atoms with Gasteiger partial charge in [-0.3, -0.25) is 9.67 Å². The van der Waals surface area contributed by atoms with Gasteiger partial charge < -0.3 is 9.30 Å². The van der Waals surface area contributed by atoms with E-state index in [4.69, 9.17) is 25.5 Å². The number of ether oxygens (including phenoxy) is 1. The molecule has 0 atom stereocenters. The minimum Gasteiger partial charge on any atom is -0.501 e. The number of para-hydroxylation sites is 1. The Morgan fingerprint density at radius 3 is 2.42 bits per heavy atom. The number of nitriles is 1. The first-order chi connectivity index (χ1) is 24.9. The quantitative estimate of drug-likeness (QED) is 0.149. The van der Waals surface area contributed by atoms with Gasteiger partial charge in [0.2, 0.25) is 5.69 Å². The van der Waals surface area contributed by atoms with Gasteiger partial charge in [-0.2, -0.15) is 10.4 Å². The minimum absolute atomic E-state index is 0. The summed E-state index contributed by atoms with van der Waals surface area (Å²) in [5.41, 5.74) is 5.90. The van der Waals surface area contributed by atoms with Crippen molar-refractivity contribution in [1.29, 1.82) is 5.26 Å². The molecule has 3 aromatic heterocycles. The Kier molecular flexibility index (Phi) is 8.38. The van der Waals surface area contributed by atoms with Crippen molar-refractivity contribution in [3.05, 3.63) is 131 Å². The van der Waals surface area contributed by atoms with E-state index in [2.05, 4.69) is 73.9 Å². The molecule has 50 heavy (non-hydrogen) atoms. The zero-order valence-corrected chi connectivity index (χ0v) is 30.3. The third-order valence-corrected chi connectivity index (χ3v) is 8.46. The fraction of sp³-hybridized carbons (Fsp3) is 0.195. The van der Waals surface area contributed by atoms with E-state index in [1.165, 1.54) is 18.3 Å². The van der Waals surface area contributed by atoms with Crippen molar-refractivity contribution >= 4 is 27.5 Å². The average molecular weight is 838 g/mol. The number of fused-ring (bicyclic) bond motifs is 3. The number of nitrogens with zero attached hydrogens (tertiary/aromatic N) is 7. The topological polar surface area (TPSA) is 85.9 Å². The van der Waals surface area contributed by atoms with E-state index in [9.17, 15) is 5.26 Å². The van der Waals surface area contributed by atoms with Crippen LogP contribution >= 0.6 is 0 Å². The van der Waals surface area contributed by atoms with Crippen LogP contribution in [0.1, 0.15) is 71.7 Å². The Morgan fingerprint density at radius 2 is 1.72 bits per heavy atom. The Labute approximate surface area is 310 Å². The molecule has 0 aliphatic rings. The van der Waals surface area contributed by atoms with Crippen LogP contribution in [0.15, 0.2) is 79.0 Å². The van der Waals surface area contributed by atoms with Crippen molar-refractivity contribution in [3.8, 4) is 40.5 Å². The molecule has 0 radical (unpaired) electrons. The standard InChI is InChI=1S/C41H33N7O.Pt/c1-24(2)31-12-9-13-32(25(3)4)40(31)48-41(45-27(6)46-48)29-10-8-11-30(20-29)49-38-22-37-34(21-35(38)43-7)33-19-28(23-42)14-15-36(33)47(37)39-18-26(5)16-17-44-39;/h8-19,21,24-25H,1-6H3;/q-2;+2/i5D3;. The summed E-state index contributed by atoms with van der Waals surface area (Å²) in [6.07, 6.45) is 1.45. The number of aryl methyl sites for hydroxylation is 2. The Hall–Kier alpha value is -5.56. The van der Waals surface area contributed by atoms with E-state index in [1.807, 2.05) is 23.7 Å². The zero-order chi connectivity index (χ0) is 36.9. The number of rotatable bonds is 7. The van der Waals surface area contributed by atoms with Crippen molar-refractivity contribution in [2.45, 2.75) is 53.3 Å². The maximum absolute atomic E-state index is 9.67. The predicted molar refractivity (Wildman–Crippen MR) is 192 cm³/mol. The van der Waals surface area contributed by atoms with Crippen LogP contribution in [0.4, 0.5) is 5.69 Å². The number of aromatic nitrogens is 5. The third kappa shape index (κ3) is 6.08. The summed E-state index contributed by atoms with van der Waals surface area (Å²) in [5.74, 6) is 2.55. The van der Waals surface area contributed by atoms with Crippen LogP contribution in [-0.2, 0) is 21.1 Å². The molecule has 7 aromatic rings. The molecular formula is C41H33N7OPt. The summed E-state index contributed by atoms with van der Waals surface area (Å²) < 4.78 is 34.0. The van der Waals surface area contributed by atoms with Crippen LogP contribution < -0.4 is 4.74 Å². The van der Waals surface area contributed by atoms with E-state index in [1.54, 1.807) is 34.9 Å². The van der Waals surface area contributed by atoms with Gasteiger partial charge in [0, 0.05) is 21.6 Å². The monoisotopic (exact) mass is 837 g/mol. The maximum Gasteiger partial charge on any atom is 2.00 e. The molecule has 9 heteroatoms. The van der Waals surface area contributed by atoms with Crippen molar-refractivity contribution in [2.75, 3.05) is 0 Å². The molecule has 0 spiro atoms. The van der Waals surface area contributed by atoms with Crippen LogP contribution in [0.2, 0.25) is 0 Å². The van der Waals surface area contributed by atoms with Crippen molar-refractivity contribution in [1.82, 2.24) is 24.3 Å². The Morgan fingerprint density at radius 1 is 0.960 bits per heavy atom. The summed E-state index contributed by atoms with van der Waals surface area (Å²) in [6, 6.07) is 30.5. The first kappa shape index (κ1) is 30.5. The molecule has 0 fully saturated rings. The van der Waals surface area contributed by atoms with Gasteiger partial charge in [0.25, 0.3) is 0 Å². The van der Waals surface area contributed by atoms with Crippen LogP contribution in [-0.4, -0.2) is 24.3 Å². The second-order valence-corrected chi connectivity index (χ2v) is 12.5. The largest absolute Gasteiger partial charge is 2.00 e. The zero-order valence-electron chi connectivity index (χ0n) is 31.0. The minimum atomic E-state index is -2.35. The number of benzene rings is 4. The van der Waals surface area contributed by atoms with Gasteiger partial charge in [-0.05, 0) is 78.0 Å². The molecule has 0 amide bonds. The number of hydrogen-bond donors (Lipinski definition) is 0. The van der Waals surface area contributed by atoms with Gasteiger partial charge in [0.1, 0.15) is 11.6 Å². The fourth-order valence-electron chi connectivity index (χ4n) is 6.22. The molecular weight excluding hydrogens is 802 g/mol. The van der Waals surface area contributed by atoms with Crippen molar-refractivity contribution in [2.24, 2.45) is 0 Å². The summed E-state index contributed by atoms with van der Waals surface area (Å²) in [4.78, 5) is 13.1. The van der Waals surface area contributed by atoms with Gasteiger partial charge in [0.15, 0.2) is 0 Å². The third-order valence-electron chi connectivity index (χ3n) is 8.46. The Bertz CT molecular complexity index is 2580. The maximum atomic E-state index is 9.67. The molecule has 0 aliphatic carbocycles. The van der Waals surface area contributed by atoms with Gasteiger partial charge >= 0.3 is 21.1 Å². The predicted octanol–water partition coefficient (Wildman–Crippen LogP) is 10.1. The second-order valence-electron chi connectivity index (χ2n) is 12.5. The molecule has 0 saturated carbocycles. The van der Waals surface area contributed by atoms with E-state index >= 15 is 0 Å². The molecule has 0 aliphatic heterocycles. The number of pyridine rings is 1. The first-order valence-corrected chi connectivity index (χ1v) is 15.9. The first-order valence-electron chi connectivity index (χ1n) is 17.4. The molecule has 7 rings (SSSR count). The summed E-state index contributed by atoms with van der Waals surface area (Å²) in [7, 11) is 0. The molecule has 3 heterocycles. The summed E-state index contributed by atoms with van der Waals surface area (Å²) in [5, 5.41) is 15.8. The molecule has 8 nitrogen and oxygen atoms in total. The van der Waals surface area contributed by atoms with Gasteiger partial charge in [-0.1, -0.05) is 63.5 Å². The molecule has 4 aromatic carbocycles. The van der Waals surface area contributed by atoms with Crippen molar-refractivity contribution < 1.29 is 29.9 Å². The van der Waals surface area contributed by atoms with E-state index in [0.29, 0.717) is 56.1 Å². The average Bonchev–Trinajstić information content (AvgIpc) is 3.67. The van der Waals surface area contributed by atoms with E-state index < -0.39 is 6.85 Å². The fourth-order valence-corrected chi connectivity index (χ4v) is 6.22. The van der Waals surface area contributed by atoms with Crippen LogP contribution in [0.3, 0.4) is 0 Å². The van der Waals surface area contributed by atoms with Gasteiger partial charge in [0.05, 0.1) is 35.5 Å². The normalized spacial score (nSPS) is 12.3. The Balaban J connectivity index is 0.00000481. The smallest absolute Gasteiger partial charge is 0.501 e. The molecule has 0 saturated heterocycles. The number of hydrogen-bond acceptors (Lipinski definition) is 5. The van der Waals surface area contributed by atoms with Crippen LogP contribution in [0, 0.1) is 43.8 Å². The van der Waals surface area contributed by atoms with Gasteiger partial charge in [-0.15, -0.1) is 35.2 Å². The van der Waals surface area contributed by atoms with Crippen LogP contribution in [0.25, 0.3) is 49.5 Å². The summed E-state index contributed by atoms with van der Waals surface area (Å²) >= 11 is 0. The molecule has 248 valence electrons.